The number of unbranched alkanes of at least 4 members (excludes halogenated alkanes) is 48. The van der Waals surface area contributed by atoms with Crippen LogP contribution in [-0.4, -0.2) is 193 Å². The van der Waals surface area contributed by atoms with Crippen LogP contribution in [0, 0.1) is 0 Å². The summed E-state index contributed by atoms with van der Waals surface area (Å²) in [6.45, 7) is 1.78. The summed E-state index contributed by atoms with van der Waals surface area (Å²) in [5.41, 5.74) is 0. The van der Waals surface area contributed by atoms with Crippen LogP contribution in [-0.2, 0) is 33.2 Å². The third-order valence-corrected chi connectivity index (χ3v) is 20.8. The lowest BCUT2D eigenvalue weighted by molar-refractivity contribution is -0.379. The molecule has 0 aromatic rings. The SMILES string of the molecule is CCCCCCCCCCCCCCCCCCC/C=C/CC/C=C/C(O)C(COC1OC(CO)C(OC2OC(CO)C(OC3OC(CO)C(O)C(O)C3O)C(O)C2O)C(O)C1O)NC(=O)CCCCCCCCCCCCCCCCCCCCCCCCCCCCCCCCC. The number of hydrogen-bond acceptors (Lipinski definition) is 18. The van der Waals surface area contributed by atoms with E-state index in [1.54, 1.807) is 6.08 Å². The predicted octanol–water partition coefficient (Wildman–Crippen LogP) is 13.7. The molecule has 0 aromatic carbocycles. The van der Waals surface area contributed by atoms with Crippen LogP contribution < -0.4 is 5.32 Å². The molecule has 0 radical (unpaired) electrons. The summed E-state index contributed by atoms with van der Waals surface area (Å²) in [6.07, 6.45) is 47.5. The van der Waals surface area contributed by atoms with Gasteiger partial charge in [-0.25, -0.2) is 0 Å². The highest BCUT2D eigenvalue weighted by Gasteiger charge is 2.54. The molecule has 0 saturated carbocycles. The number of carbonyl (C=O) groups excluding carboxylic acids is 1. The zero-order valence-corrected chi connectivity index (χ0v) is 62.5. The molecule has 3 fully saturated rings. The van der Waals surface area contributed by atoms with Crippen molar-refractivity contribution in [2.45, 2.75) is 452 Å². The number of hydrogen-bond donors (Lipinski definition) is 12. The molecule has 3 aliphatic heterocycles. The highest BCUT2D eigenvalue weighted by molar-refractivity contribution is 5.76. The minimum atomic E-state index is -1.98. The Kier molecular flexibility index (Phi) is 56.8. The minimum Gasteiger partial charge on any atom is -0.394 e. The van der Waals surface area contributed by atoms with E-state index in [-0.39, 0.29) is 18.9 Å². The first-order valence-corrected chi connectivity index (χ1v) is 41.1. The van der Waals surface area contributed by atoms with Crippen LogP contribution >= 0.6 is 0 Å². The monoisotopic (exact) mass is 1410 g/mol. The fraction of sp³-hybridized carbons (Fsp3) is 0.938. The molecule has 3 saturated heterocycles. The van der Waals surface area contributed by atoms with Gasteiger partial charge in [-0.2, -0.15) is 0 Å². The van der Waals surface area contributed by atoms with Gasteiger partial charge in [0.1, 0.15) is 73.2 Å². The van der Waals surface area contributed by atoms with Crippen molar-refractivity contribution in [1.29, 1.82) is 0 Å². The van der Waals surface area contributed by atoms with Gasteiger partial charge in [-0.3, -0.25) is 4.79 Å². The zero-order chi connectivity index (χ0) is 71.8. The first-order chi connectivity index (χ1) is 48.3. The summed E-state index contributed by atoms with van der Waals surface area (Å²) in [7, 11) is 0. The maximum atomic E-state index is 13.5. The number of allylic oxidation sites excluding steroid dienone is 3. The maximum Gasteiger partial charge on any atom is 0.220 e. The fourth-order valence-corrected chi connectivity index (χ4v) is 14.2. The summed E-state index contributed by atoms with van der Waals surface area (Å²) in [5, 5.41) is 121. The third-order valence-electron chi connectivity index (χ3n) is 20.8. The Hall–Kier alpha value is -1.73. The predicted molar refractivity (Wildman–Crippen MR) is 393 cm³/mol. The van der Waals surface area contributed by atoms with Crippen LogP contribution in [0.3, 0.4) is 0 Å². The standard InChI is InChI=1S/C80H151NO18/c1-3-5-7-9-11-13-15-17-19-21-23-25-27-28-29-30-31-32-33-34-36-38-40-42-44-46-48-50-52-54-56-58-68(86)81-63(64(85)57-55-53-51-49-47-45-43-41-39-37-35-26-24-22-20-18-16-14-12-10-8-6-4-2)62-94-78-74(92)71(89)76(66(60-83)96-78)99-80-75(93)72(90)77(67(61-84)97-80)98-79-73(91)70(88)69(87)65(59-82)95-79/h47,49,55,57,63-67,69-80,82-85,87-93H,3-46,48,50-54,56,58-62H2,1-2H3,(H,81,86)/b49-47+,57-55+. The molecule has 0 aromatic heterocycles. The zero-order valence-electron chi connectivity index (χ0n) is 62.5. The molecule has 3 rings (SSSR count). The van der Waals surface area contributed by atoms with E-state index >= 15 is 0 Å². The van der Waals surface area contributed by atoms with E-state index in [0.29, 0.717) is 12.8 Å². The number of aliphatic hydroxyl groups excluding tert-OH is 11. The van der Waals surface area contributed by atoms with Gasteiger partial charge < -0.3 is 89.9 Å². The lowest BCUT2D eigenvalue weighted by atomic mass is 9.96. The molecule has 3 heterocycles. The van der Waals surface area contributed by atoms with Gasteiger partial charge in [0, 0.05) is 6.42 Å². The number of nitrogens with one attached hydrogen (secondary N) is 1. The Morgan fingerprint density at radius 1 is 0.354 bits per heavy atom. The average Bonchev–Trinajstić information content (AvgIpc) is 0.782. The Morgan fingerprint density at radius 2 is 0.646 bits per heavy atom. The smallest absolute Gasteiger partial charge is 0.220 e. The first kappa shape index (κ1) is 91.5. The summed E-state index contributed by atoms with van der Waals surface area (Å²) < 4.78 is 34.4. The van der Waals surface area contributed by atoms with E-state index < -0.39 is 124 Å². The molecule has 17 unspecified atom stereocenters. The molecule has 17 atom stereocenters. The van der Waals surface area contributed by atoms with Crippen LogP contribution in [0.15, 0.2) is 24.3 Å². The highest BCUT2D eigenvalue weighted by Crippen LogP contribution is 2.33. The first-order valence-electron chi connectivity index (χ1n) is 41.1. The van der Waals surface area contributed by atoms with Gasteiger partial charge in [0.2, 0.25) is 5.91 Å². The van der Waals surface area contributed by atoms with Gasteiger partial charge >= 0.3 is 0 Å². The quantitative estimate of drug-likeness (QED) is 0.0199. The second kappa shape index (κ2) is 61.4. The lowest BCUT2D eigenvalue weighted by Crippen LogP contribution is -2.66. The molecule has 1 amide bonds. The topological polar surface area (TPSA) is 307 Å². The molecule has 0 aliphatic carbocycles. The minimum absolute atomic E-state index is 0.241. The van der Waals surface area contributed by atoms with Gasteiger partial charge in [-0.1, -0.05) is 334 Å². The summed E-state index contributed by atoms with van der Waals surface area (Å²) in [6, 6.07) is -0.988. The van der Waals surface area contributed by atoms with Crippen LogP contribution in [0.1, 0.15) is 348 Å². The molecule has 0 spiro atoms. The van der Waals surface area contributed by atoms with Gasteiger partial charge in [0.25, 0.3) is 0 Å². The van der Waals surface area contributed by atoms with Crippen molar-refractivity contribution in [3.8, 4) is 0 Å². The van der Waals surface area contributed by atoms with Crippen LogP contribution in [0.25, 0.3) is 0 Å². The van der Waals surface area contributed by atoms with Crippen LogP contribution in [0.2, 0.25) is 0 Å². The average molecular weight is 1420 g/mol. The fourth-order valence-electron chi connectivity index (χ4n) is 14.2. The van der Waals surface area contributed by atoms with Gasteiger partial charge in [0.05, 0.1) is 38.6 Å². The summed E-state index contributed by atoms with van der Waals surface area (Å²) in [5.74, 6) is -0.277. The molecule has 19 nitrogen and oxygen atoms in total. The highest BCUT2D eigenvalue weighted by atomic mass is 16.8. The molecule has 0 bridgehead atoms. The number of carbonyl (C=O) groups is 1. The van der Waals surface area contributed by atoms with Gasteiger partial charge in [-0.05, 0) is 32.1 Å². The van der Waals surface area contributed by atoms with Crippen molar-refractivity contribution < 1.29 is 89.4 Å². The van der Waals surface area contributed by atoms with Crippen molar-refractivity contribution in [2.24, 2.45) is 0 Å². The normalized spacial score (nSPS) is 26.7. The maximum absolute atomic E-state index is 13.5. The van der Waals surface area contributed by atoms with Gasteiger partial charge in [0.15, 0.2) is 18.9 Å². The number of aliphatic hydroxyl groups is 11. The summed E-state index contributed by atoms with van der Waals surface area (Å²) in [4.78, 5) is 13.5. The van der Waals surface area contributed by atoms with E-state index in [1.165, 1.54) is 276 Å². The van der Waals surface area contributed by atoms with E-state index in [9.17, 15) is 61.0 Å². The molecule has 12 N–H and O–H groups in total. The molecule has 584 valence electrons. The van der Waals surface area contributed by atoms with Crippen molar-refractivity contribution in [2.75, 3.05) is 26.4 Å². The van der Waals surface area contributed by atoms with E-state index in [1.807, 2.05) is 6.08 Å². The molecular weight excluding hydrogens is 1260 g/mol. The van der Waals surface area contributed by atoms with Crippen LogP contribution in [0.5, 0.6) is 0 Å². The second-order valence-corrected chi connectivity index (χ2v) is 29.6. The Labute approximate surface area is 600 Å². The third kappa shape index (κ3) is 41.7. The molecule has 19 heteroatoms. The van der Waals surface area contributed by atoms with Gasteiger partial charge in [-0.15, -0.1) is 0 Å². The number of rotatable bonds is 66. The molecule has 3 aliphatic rings. The van der Waals surface area contributed by atoms with Crippen molar-refractivity contribution >= 4 is 5.91 Å². The lowest BCUT2D eigenvalue weighted by Gasteiger charge is -2.48. The van der Waals surface area contributed by atoms with Crippen molar-refractivity contribution in [3.05, 3.63) is 24.3 Å². The van der Waals surface area contributed by atoms with Crippen molar-refractivity contribution in [1.82, 2.24) is 5.32 Å². The van der Waals surface area contributed by atoms with Crippen molar-refractivity contribution in [3.63, 3.8) is 0 Å². The number of amides is 1. The Bertz CT molecular complexity index is 1880. The number of ether oxygens (including phenoxy) is 6. The van der Waals surface area contributed by atoms with E-state index in [2.05, 4.69) is 31.3 Å². The molecule has 99 heavy (non-hydrogen) atoms. The Balaban J connectivity index is 1.37. The Morgan fingerprint density at radius 3 is 1.01 bits per heavy atom. The molecular formula is C80H151NO18. The van der Waals surface area contributed by atoms with E-state index in [4.69, 9.17) is 28.4 Å². The summed E-state index contributed by atoms with van der Waals surface area (Å²) >= 11 is 0. The van der Waals surface area contributed by atoms with Crippen LogP contribution in [0.4, 0.5) is 0 Å². The van der Waals surface area contributed by atoms with E-state index in [0.717, 1.165) is 38.5 Å². The second-order valence-electron chi connectivity index (χ2n) is 29.6. The largest absolute Gasteiger partial charge is 0.394 e.